The first-order chi connectivity index (χ1) is 6.99. The second kappa shape index (κ2) is 4.90. The summed E-state index contributed by atoms with van der Waals surface area (Å²) in [6.45, 7) is 0.442. The Balaban J connectivity index is 3.13. The lowest BCUT2D eigenvalue weighted by molar-refractivity contribution is -0.139. The largest absolute Gasteiger partial charge is 0.417 e. The summed E-state index contributed by atoms with van der Waals surface area (Å²) < 4.78 is 37.9. The zero-order chi connectivity index (χ0) is 11.5. The molecule has 5 heteroatoms. The van der Waals surface area contributed by atoms with E-state index in [2.05, 4.69) is 5.32 Å². The fraction of sp³-hybridized carbons (Fsp3) is 0.400. The van der Waals surface area contributed by atoms with E-state index in [1.807, 2.05) is 0 Å². The third-order valence-electron chi connectivity index (χ3n) is 1.95. The van der Waals surface area contributed by atoms with E-state index < -0.39 is 11.7 Å². The molecule has 1 aromatic carbocycles. The van der Waals surface area contributed by atoms with Gasteiger partial charge in [0, 0.05) is 11.4 Å². The average Bonchev–Trinajstić information content (AvgIpc) is 2.17. The van der Waals surface area contributed by atoms with Crippen LogP contribution in [-0.2, 0) is 12.7 Å². The van der Waals surface area contributed by atoms with Crippen molar-refractivity contribution in [1.29, 1.82) is 0 Å². The van der Waals surface area contributed by atoms with E-state index in [-0.39, 0.29) is 4.90 Å². The quantitative estimate of drug-likeness (QED) is 0.808. The lowest BCUT2D eigenvalue weighted by Crippen LogP contribution is -2.10. The Morgan fingerprint density at radius 3 is 2.47 bits per heavy atom. The first-order valence-corrected chi connectivity index (χ1v) is 5.60. The highest BCUT2D eigenvalue weighted by Crippen LogP contribution is 2.36. The molecule has 0 aromatic heterocycles. The molecule has 1 nitrogen and oxygen atoms in total. The molecule has 0 aliphatic carbocycles. The molecule has 1 aromatic rings. The number of thioether (sulfide) groups is 1. The van der Waals surface area contributed by atoms with Crippen molar-refractivity contribution in [3.63, 3.8) is 0 Å². The van der Waals surface area contributed by atoms with Gasteiger partial charge in [0.25, 0.3) is 0 Å². The van der Waals surface area contributed by atoms with Crippen LogP contribution in [-0.4, -0.2) is 13.3 Å². The van der Waals surface area contributed by atoms with E-state index in [9.17, 15) is 13.2 Å². The Kier molecular flexibility index (Phi) is 4.04. The number of nitrogens with one attached hydrogen (secondary N) is 1. The van der Waals surface area contributed by atoms with Gasteiger partial charge in [0.1, 0.15) is 0 Å². The Hall–Kier alpha value is -0.680. The molecule has 0 aliphatic rings. The Morgan fingerprint density at radius 1 is 1.33 bits per heavy atom. The molecule has 0 spiro atoms. The van der Waals surface area contributed by atoms with Gasteiger partial charge in [-0.1, -0.05) is 6.07 Å². The standard InChI is InChI=1S/C10H12F3NS/c1-14-6-7-3-4-9(15-2)8(5-7)10(11,12)13/h3-5,14H,6H2,1-2H3. The van der Waals surface area contributed by atoms with Crippen LogP contribution >= 0.6 is 11.8 Å². The van der Waals surface area contributed by atoms with Crippen LogP contribution in [0.1, 0.15) is 11.1 Å². The van der Waals surface area contributed by atoms with Crippen LogP contribution < -0.4 is 5.32 Å². The van der Waals surface area contributed by atoms with Gasteiger partial charge in [0.15, 0.2) is 0 Å². The minimum Gasteiger partial charge on any atom is -0.316 e. The van der Waals surface area contributed by atoms with Crippen LogP contribution in [0.5, 0.6) is 0 Å². The van der Waals surface area contributed by atoms with Crippen molar-refractivity contribution in [2.24, 2.45) is 0 Å². The zero-order valence-corrected chi connectivity index (χ0v) is 9.30. The normalized spacial score (nSPS) is 11.8. The topological polar surface area (TPSA) is 12.0 Å². The van der Waals surface area contributed by atoms with Crippen LogP contribution in [0.15, 0.2) is 23.1 Å². The summed E-state index contributed by atoms with van der Waals surface area (Å²) in [5.41, 5.74) is 0.0883. The number of rotatable bonds is 3. The monoisotopic (exact) mass is 235 g/mol. The van der Waals surface area contributed by atoms with Gasteiger partial charge in [-0.3, -0.25) is 0 Å². The van der Waals surface area contributed by atoms with Gasteiger partial charge >= 0.3 is 6.18 Å². The summed E-state index contributed by atoms with van der Waals surface area (Å²) in [5, 5.41) is 2.83. The second-order valence-corrected chi connectivity index (χ2v) is 3.91. The molecule has 0 saturated carbocycles. The number of hydrogen-bond donors (Lipinski definition) is 1. The molecule has 84 valence electrons. The summed E-state index contributed by atoms with van der Waals surface area (Å²) in [6, 6.07) is 4.42. The molecule has 0 radical (unpaired) electrons. The summed E-state index contributed by atoms with van der Waals surface area (Å²) in [6.07, 6.45) is -2.63. The lowest BCUT2D eigenvalue weighted by atomic mass is 10.1. The summed E-state index contributed by atoms with van der Waals surface area (Å²) >= 11 is 1.11. The van der Waals surface area contributed by atoms with Crippen molar-refractivity contribution in [2.75, 3.05) is 13.3 Å². The maximum absolute atomic E-state index is 12.6. The fourth-order valence-corrected chi connectivity index (χ4v) is 1.89. The van der Waals surface area contributed by atoms with E-state index in [0.717, 1.165) is 11.8 Å². The highest BCUT2D eigenvalue weighted by molar-refractivity contribution is 7.98. The molecule has 1 N–H and O–H groups in total. The number of hydrogen-bond acceptors (Lipinski definition) is 2. The highest BCUT2D eigenvalue weighted by Gasteiger charge is 2.33. The third kappa shape index (κ3) is 3.14. The smallest absolute Gasteiger partial charge is 0.316 e. The minimum atomic E-state index is -4.28. The van der Waals surface area contributed by atoms with Crippen LogP contribution in [0.4, 0.5) is 13.2 Å². The van der Waals surface area contributed by atoms with E-state index in [1.165, 1.54) is 12.1 Å². The van der Waals surface area contributed by atoms with E-state index in [4.69, 9.17) is 0 Å². The fourth-order valence-electron chi connectivity index (χ4n) is 1.29. The molecular weight excluding hydrogens is 223 g/mol. The third-order valence-corrected chi connectivity index (χ3v) is 2.75. The molecule has 0 atom stereocenters. The Labute approximate surface area is 91.1 Å². The number of benzene rings is 1. The van der Waals surface area contributed by atoms with Crippen LogP contribution in [0, 0.1) is 0 Å². The summed E-state index contributed by atoms with van der Waals surface area (Å²) in [5.74, 6) is 0. The van der Waals surface area contributed by atoms with Gasteiger partial charge in [0.2, 0.25) is 0 Å². The average molecular weight is 235 g/mol. The number of halogens is 3. The molecule has 0 aliphatic heterocycles. The van der Waals surface area contributed by atoms with Gasteiger partial charge in [-0.25, -0.2) is 0 Å². The van der Waals surface area contributed by atoms with Gasteiger partial charge in [-0.2, -0.15) is 13.2 Å². The summed E-state index contributed by atoms with van der Waals surface area (Å²) in [7, 11) is 1.70. The van der Waals surface area contributed by atoms with E-state index >= 15 is 0 Å². The van der Waals surface area contributed by atoms with Gasteiger partial charge in [-0.15, -0.1) is 11.8 Å². The first-order valence-electron chi connectivity index (χ1n) is 4.37. The lowest BCUT2D eigenvalue weighted by Gasteiger charge is -2.12. The molecule has 0 bridgehead atoms. The molecule has 0 heterocycles. The van der Waals surface area contributed by atoms with E-state index in [0.29, 0.717) is 12.1 Å². The molecule has 1 rings (SSSR count). The van der Waals surface area contributed by atoms with Crippen molar-refractivity contribution in [3.05, 3.63) is 29.3 Å². The Morgan fingerprint density at radius 2 is 2.00 bits per heavy atom. The SMILES string of the molecule is CNCc1ccc(SC)c(C(F)(F)F)c1. The van der Waals surface area contributed by atoms with Crippen LogP contribution in [0.2, 0.25) is 0 Å². The first kappa shape index (κ1) is 12.4. The molecule has 15 heavy (non-hydrogen) atoms. The maximum Gasteiger partial charge on any atom is 0.417 e. The van der Waals surface area contributed by atoms with Crippen LogP contribution in [0.25, 0.3) is 0 Å². The molecule has 0 fully saturated rings. The minimum absolute atomic E-state index is 0.266. The molecule has 0 amide bonds. The van der Waals surface area contributed by atoms with E-state index in [1.54, 1.807) is 19.4 Å². The van der Waals surface area contributed by atoms with Crippen molar-refractivity contribution in [3.8, 4) is 0 Å². The maximum atomic E-state index is 12.6. The molecule has 0 saturated heterocycles. The van der Waals surface area contributed by atoms with Gasteiger partial charge in [0.05, 0.1) is 5.56 Å². The van der Waals surface area contributed by atoms with Crippen molar-refractivity contribution >= 4 is 11.8 Å². The predicted octanol–water partition coefficient (Wildman–Crippen LogP) is 3.15. The van der Waals surface area contributed by atoms with Crippen LogP contribution in [0.3, 0.4) is 0 Å². The van der Waals surface area contributed by atoms with Crippen molar-refractivity contribution in [1.82, 2.24) is 5.32 Å². The van der Waals surface area contributed by atoms with Gasteiger partial charge < -0.3 is 5.32 Å². The molecule has 0 unspecified atom stereocenters. The Bertz CT molecular complexity index is 336. The number of alkyl halides is 3. The highest BCUT2D eigenvalue weighted by atomic mass is 32.2. The predicted molar refractivity (Wildman–Crippen MR) is 56.0 cm³/mol. The second-order valence-electron chi connectivity index (χ2n) is 3.06. The molecular formula is C10H12F3NS. The van der Waals surface area contributed by atoms with Gasteiger partial charge in [-0.05, 0) is 31.0 Å². The van der Waals surface area contributed by atoms with Crippen molar-refractivity contribution in [2.45, 2.75) is 17.6 Å². The summed E-state index contributed by atoms with van der Waals surface area (Å²) in [4.78, 5) is 0.266. The van der Waals surface area contributed by atoms with Crippen molar-refractivity contribution < 1.29 is 13.2 Å². The zero-order valence-electron chi connectivity index (χ0n) is 8.48.